The molecule has 3 nitrogen and oxygen atoms in total. The molecule has 19 heavy (non-hydrogen) atoms. The highest BCUT2D eigenvalue weighted by atomic mass is 79.9. The van der Waals surface area contributed by atoms with E-state index in [1.54, 1.807) is 0 Å². The lowest BCUT2D eigenvalue weighted by Crippen LogP contribution is -1.86. The second kappa shape index (κ2) is 4.94. The van der Waals surface area contributed by atoms with E-state index >= 15 is 0 Å². The zero-order valence-corrected chi connectivity index (χ0v) is 12.4. The van der Waals surface area contributed by atoms with Gasteiger partial charge in [0.2, 0.25) is 0 Å². The van der Waals surface area contributed by atoms with Crippen molar-refractivity contribution in [1.29, 1.82) is 0 Å². The Hall–Kier alpha value is -1.39. The molecule has 0 aliphatic rings. The highest BCUT2D eigenvalue weighted by molar-refractivity contribution is 9.10. The number of alkyl halides is 1. The number of fused-ring (bicyclic) bond motifs is 1. The average molecular weight is 338 g/mol. The quantitative estimate of drug-likeness (QED) is 0.621. The summed E-state index contributed by atoms with van der Waals surface area (Å²) in [4.78, 5) is 4.29. The Kier molecular flexibility index (Phi) is 3.29. The minimum atomic E-state index is -0.256. The monoisotopic (exact) mass is 336 g/mol. The van der Waals surface area contributed by atoms with Gasteiger partial charge in [-0.15, -0.1) is 11.6 Å². The van der Waals surface area contributed by atoms with Crippen LogP contribution in [0.4, 0.5) is 0 Å². The van der Waals surface area contributed by atoms with Crippen LogP contribution in [-0.2, 0) is 0 Å². The first kappa shape index (κ1) is 12.6. The number of hydrogen-bond donors (Lipinski definition) is 0. The smallest absolute Gasteiger partial charge is 0.257 e. The molecule has 0 saturated carbocycles. The van der Waals surface area contributed by atoms with Gasteiger partial charge in [-0.05, 0) is 42.0 Å². The van der Waals surface area contributed by atoms with E-state index < -0.39 is 0 Å². The zero-order chi connectivity index (χ0) is 13.4. The van der Waals surface area contributed by atoms with E-state index in [1.165, 1.54) is 0 Å². The molecule has 1 unspecified atom stereocenters. The van der Waals surface area contributed by atoms with Crippen LogP contribution in [0.15, 0.2) is 45.4 Å². The molecular formula is C14H10BrClN2O. The number of hydrogen-bond acceptors (Lipinski definition) is 3. The summed E-state index contributed by atoms with van der Waals surface area (Å²) in [5, 5.41) is 5.89. The fourth-order valence-corrected chi connectivity index (χ4v) is 2.33. The van der Waals surface area contributed by atoms with E-state index in [0.717, 1.165) is 20.8 Å². The molecule has 3 aromatic rings. The van der Waals surface area contributed by atoms with Gasteiger partial charge in [-0.3, -0.25) is 0 Å². The Morgan fingerprint density at radius 3 is 2.63 bits per heavy atom. The van der Waals surface area contributed by atoms with Crippen molar-refractivity contribution in [3.8, 4) is 11.5 Å². The zero-order valence-electron chi connectivity index (χ0n) is 10.1. The van der Waals surface area contributed by atoms with Crippen LogP contribution in [0.25, 0.3) is 22.2 Å². The van der Waals surface area contributed by atoms with E-state index in [1.807, 2.05) is 37.3 Å². The van der Waals surface area contributed by atoms with Crippen LogP contribution in [0.1, 0.15) is 18.1 Å². The maximum Gasteiger partial charge on any atom is 0.257 e. The van der Waals surface area contributed by atoms with Gasteiger partial charge in [-0.25, -0.2) is 0 Å². The van der Waals surface area contributed by atoms with Gasteiger partial charge in [-0.1, -0.05) is 33.2 Å². The molecule has 0 spiro atoms. The van der Waals surface area contributed by atoms with Gasteiger partial charge in [0.15, 0.2) is 5.82 Å². The summed E-state index contributed by atoms with van der Waals surface area (Å²) >= 11 is 9.39. The van der Waals surface area contributed by atoms with E-state index in [9.17, 15) is 0 Å². The first-order valence-corrected chi connectivity index (χ1v) is 7.04. The van der Waals surface area contributed by atoms with E-state index in [2.05, 4.69) is 32.1 Å². The Morgan fingerprint density at radius 1 is 1.16 bits per heavy atom. The van der Waals surface area contributed by atoms with Gasteiger partial charge >= 0.3 is 0 Å². The van der Waals surface area contributed by atoms with Gasteiger partial charge in [0.1, 0.15) is 0 Å². The van der Waals surface area contributed by atoms with Gasteiger partial charge in [0.25, 0.3) is 5.89 Å². The number of halogens is 2. The van der Waals surface area contributed by atoms with E-state index in [0.29, 0.717) is 11.7 Å². The third-order valence-corrected chi connectivity index (χ3v) is 3.54. The molecule has 0 bridgehead atoms. The number of aromatic nitrogens is 2. The summed E-state index contributed by atoms with van der Waals surface area (Å²) in [5.41, 5.74) is 0.894. The maximum absolute atomic E-state index is 5.93. The van der Waals surface area contributed by atoms with Gasteiger partial charge < -0.3 is 4.52 Å². The van der Waals surface area contributed by atoms with E-state index in [4.69, 9.17) is 16.1 Å². The van der Waals surface area contributed by atoms with Crippen LogP contribution >= 0.6 is 27.5 Å². The summed E-state index contributed by atoms with van der Waals surface area (Å²) in [6.45, 7) is 1.81. The molecule has 0 saturated heterocycles. The Labute approximate surface area is 123 Å². The Morgan fingerprint density at radius 2 is 1.89 bits per heavy atom. The molecule has 5 heteroatoms. The standard InChI is InChI=1S/C14H10BrClN2O/c1-8(16)13-17-14(19-18-13)11-3-2-10-7-12(15)5-4-9(10)6-11/h2-8H,1H3. The van der Waals surface area contributed by atoms with E-state index in [-0.39, 0.29) is 5.38 Å². The summed E-state index contributed by atoms with van der Waals surface area (Å²) < 4.78 is 6.29. The third-order valence-electron chi connectivity index (χ3n) is 2.85. The van der Waals surface area contributed by atoms with Crippen molar-refractivity contribution >= 4 is 38.3 Å². The summed E-state index contributed by atoms with van der Waals surface area (Å²) in [7, 11) is 0. The Bertz CT molecular complexity index is 739. The van der Waals surface area contributed by atoms with Gasteiger partial charge in [0, 0.05) is 10.0 Å². The lowest BCUT2D eigenvalue weighted by Gasteiger charge is -2.00. The molecule has 96 valence electrons. The maximum atomic E-state index is 5.93. The fraction of sp³-hybridized carbons (Fsp3) is 0.143. The molecule has 0 radical (unpaired) electrons. The first-order chi connectivity index (χ1) is 9.13. The topological polar surface area (TPSA) is 38.9 Å². The summed E-state index contributed by atoms with van der Waals surface area (Å²) in [5.74, 6) is 1.000. The molecular weight excluding hydrogens is 328 g/mol. The normalized spacial score (nSPS) is 12.8. The third kappa shape index (κ3) is 2.51. The SMILES string of the molecule is CC(Cl)c1noc(-c2ccc3cc(Br)ccc3c2)n1. The second-order valence-corrected chi connectivity index (χ2v) is 5.85. The largest absolute Gasteiger partial charge is 0.334 e. The predicted octanol–water partition coefficient (Wildman–Crippen LogP) is 4.95. The van der Waals surface area contributed by atoms with Crippen molar-refractivity contribution in [2.45, 2.75) is 12.3 Å². The van der Waals surface area contributed by atoms with Crippen molar-refractivity contribution in [1.82, 2.24) is 10.1 Å². The predicted molar refractivity (Wildman–Crippen MR) is 79.2 cm³/mol. The Balaban J connectivity index is 2.07. The minimum absolute atomic E-state index is 0.256. The van der Waals surface area contributed by atoms with Crippen molar-refractivity contribution in [3.63, 3.8) is 0 Å². The fourth-order valence-electron chi connectivity index (χ4n) is 1.86. The average Bonchev–Trinajstić information content (AvgIpc) is 2.88. The van der Waals surface area contributed by atoms with Gasteiger partial charge in [0.05, 0.1) is 5.38 Å². The lowest BCUT2D eigenvalue weighted by molar-refractivity contribution is 0.422. The molecule has 0 N–H and O–H groups in total. The van der Waals surface area contributed by atoms with Crippen molar-refractivity contribution in [3.05, 3.63) is 46.7 Å². The molecule has 3 rings (SSSR count). The molecule has 0 fully saturated rings. The second-order valence-electron chi connectivity index (χ2n) is 4.28. The highest BCUT2D eigenvalue weighted by Gasteiger charge is 2.12. The minimum Gasteiger partial charge on any atom is -0.334 e. The van der Waals surface area contributed by atoms with Crippen LogP contribution in [0.2, 0.25) is 0 Å². The van der Waals surface area contributed by atoms with Crippen LogP contribution in [0.5, 0.6) is 0 Å². The molecule has 0 amide bonds. The molecule has 2 aromatic carbocycles. The van der Waals surface area contributed by atoms with Crippen LogP contribution in [-0.4, -0.2) is 10.1 Å². The van der Waals surface area contributed by atoms with Gasteiger partial charge in [-0.2, -0.15) is 4.98 Å². The number of nitrogens with zero attached hydrogens (tertiary/aromatic N) is 2. The van der Waals surface area contributed by atoms with Crippen molar-refractivity contribution in [2.75, 3.05) is 0 Å². The molecule has 0 aliphatic carbocycles. The molecule has 1 heterocycles. The summed E-state index contributed by atoms with van der Waals surface area (Å²) in [6, 6.07) is 12.1. The first-order valence-electron chi connectivity index (χ1n) is 5.81. The lowest BCUT2D eigenvalue weighted by atomic mass is 10.1. The molecule has 1 atom stereocenters. The van der Waals surface area contributed by atoms with Crippen LogP contribution in [0.3, 0.4) is 0 Å². The van der Waals surface area contributed by atoms with Crippen molar-refractivity contribution < 1.29 is 4.52 Å². The number of benzene rings is 2. The van der Waals surface area contributed by atoms with Crippen LogP contribution in [0, 0.1) is 0 Å². The van der Waals surface area contributed by atoms with Crippen molar-refractivity contribution in [2.24, 2.45) is 0 Å². The molecule has 1 aromatic heterocycles. The number of rotatable bonds is 2. The molecule has 0 aliphatic heterocycles. The summed E-state index contributed by atoms with van der Waals surface area (Å²) in [6.07, 6.45) is 0. The highest BCUT2D eigenvalue weighted by Crippen LogP contribution is 2.27. The van der Waals surface area contributed by atoms with Crippen LogP contribution < -0.4 is 0 Å².